The van der Waals surface area contributed by atoms with Crippen molar-refractivity contribution in [3.8, 4) is 5.75 Å². The molecule has 3 rings (SSSR count). The van der Waals surface area contributed by atoms with Crippen LogP contribution in [0.25, 0.3) is 11.0 Å². The van der Waals surface area contributed by atoms with Crippen molar-refractivity contribution in [1.29, 1.82) is 0 Å². The van der Waals surface area contributed by atoms with Crippen molar-refractivity contribution in [3.63, 3.8) is 0 Å². The Morgan fingerprint density at radius 1 is 1.43 bits per heavy atom. The smallest absolute Gasteiger partial charge is 0.178 e. The average molecular weight is 322 g/mol. The maximum absolute atomic E-state index is 5.72. The van der Waals surface area contributed by atoms with Gasteiger partial charge in [-0.2, -0.15) is 11.8 Å². The van der Waals surface area contributed by atoms with Crippen molar-refractivity contribution in [3.05, 3.63) is 23.0 Å². The van der Waals surface area contributed by atoms with Gasteiger partial charge < -0.3 is 14.3 Å². The van der Waals surface area contributed by atoms with Crippen LogP contribution < -0.4 is 4.74 Å². The molecule has 114 valence electrons. The van der Waals surface area contributed by atoms with E-state index < -0.39 is 0 Å². The molecule has 1 fully saturated rings. The number of ether oxygens (including phenoxy) is 1. The predicted octanol–water partition coefficient (Wildman–Crippen LogP) is 4.94. The van der Waals surface area contributed by atoms with E-state index in [-0.39, 0.29) is 0 Å². The lowest BCUT2D eigenvalue weighted by Crippen LogP contribution is -2.20. The second-order valence-corrected chi connectivity index (χ2v) is 7.09. The maximum Gasteiger partial charge on any atom is 0.178 e. The normalized spacial score (nSPS) is 22.6. The Labute approximate surface area is 135 Å². The Bertz CT molecular complexity index is 676. The summed E-state index contributed by atoms with van der Waals surface area (Å²) < 4.78 is 8.86. The third kappa shape index (κ3) is 2.86. The van der Waals surface area contributed by atoms with Gasteiger partial charge in [-0.05, 0) is 56.8 Å². The van der Waals surface area contributed by atoms with Gasteiger partial charge in [0.05, 0.1) is 12.1 Å². The number of para-hydroxylation sites is 1. The molecule has 0 aliphatic heterocycles. The number of H-pyrrole nitrogens is 1. The third-order valence-corrected chi connectivity index (χ3v) is 5.70. The molecule has 2 atom stereocenters. The number of hydrogen-bond donors (Lipinski definition) is 1. The molecule has 1 saturated carbocycles. The first-order valence-corrected chi connectivity index (χ1v) is 9.33. The summed E-state index contributed by atoms with van der Waals surface area (Å²) in [4.78, 5) is 3.36. The highest BCUT2D eigenvalue weighted by atomic mass is 32.2. The Hall–Kier alpha value is -0.940. The molecule has 0 bridgehead atoms. The zero-order valence-corrected chi connectivity index (χ0v) is 14.2. The number of imidazole rings is 1. The van der Waals surface area contributed by atoms with Gasteiger partial charge in [-0.3, -0.25) is 0 Å². The Morgan fingerprint density at radius 3 is 3.05 bits per heavy atom. The minimum Gasteiger partial charge on any atom is -0.492 e. The molecule has 3 nitrogen and oxygen atoms in total. The van der Waals surface area contributed by atoms with E-state index in [1.54, 1.807) is 0 Å². The maximum atomic E-state index is 5.72. The molecule has 1 N–H and O–H groups in total. The van der Waals surface area contributed by atoms with Crippen molar-refractivity contribution in [1.82, 2.24) is 9.55 Å². The van der Waals surface area contributed by atoms with Crippen molar-refractivity contribution in [2.45, 2.75) is 43.9 Å². The van der Waals surface area contributed by atoms with Crippen LogP contribution in [0.3, 0.4) is 0 Å². The molecular weight excluding hydrogens is 300 g/mol. The van der Waals surface area contributed by atoms with Crippen molar-refractivity contribution < 1.29 is 4.74 Å². The van der Waals surface area contributed by atoms with Gasteiger partial charge in [0.2, 0.25) is 0 Å². The summed E-state index contributed by atoms with van der Waals surface area (Å²) in [6.45, 7) is 2.68. The van der Waals surface area contributed by atoms with E-state index in [4.69, 9.17) is 17.0 Å². The van der Waals surface area contributed by atoms with Crippen LogP contribution in [-0.4, -0.2) is 27.7 Å². The van der Waals surface area contributed by atoms with E-state index in [2.05, 4.69) is 27.9 Å². The molecule has 1 aromatic heterocycles. The molecule has 1 aromatic carbocycles. The van der Waals surface area contributed by atoms with Crippen LogP contribution in [0, 0.1) is 4.77 Å². The molecule has 1 heterocycles. The number of fused-ring (bicyclic) bond motifs is 1. The van der Waals surface area contributed by atoms with Gasteiger partial charge in [-0.1, -0.05) is 12.5 Å². The first kappa shape index (κ1) is 15.0. The fraction of sp³-hybridized carbons (Fsp3) is 0.562. The van der Waals surface area contributed by atoms with Crippen LogP contribution in [0.15, 0.2) is 18.2 Å². The lowest BCUT2D eigenvalue weighted by molar-refractivity contribution is 0.343. The lowest BCUT2D eigenvalue weighted by Gasteiger charge is -2.29. The van der Waals surface area contributed by atoms with Crippen molar-refractivity contribution in [2.75, 3.05) is 12.9 Å². The highest BCUT2D eigenvalue weighted by molar-refractivity contribution is 7.99. The molecule has 1 aliphatic rings. The van der Waals surface area contributed by atoms with Crippen LogP contribution in [0.2, 0.25) is 0 Å². The number of nitrogens with one attached hydrogen (secondary N) is 1. The Balaban J connectivity index is 2.04. The second kappa shape index (κ2) is 6.44. The molecule has 21 heavy (non-hydrogen) atoms. The van der Waals surface area contributed by atoms with E-state index in [0.29, 0.717) is 12.6 Å². The molecule has 0 radical (unpaired) electrons. The zero-order chi connectivity index (χ0) is 14.8. The summed E-state index contributed by atoms with van der Waals surface area (Å²) in [6, 6.07) is 6.72. The molecule has 2 unspecified atom stereocenters. The largest absolute Gasteiger partial charge is 0.492 e. The van der Waals surface area contributed by atoms with Crippen molar-refractivity contribution in [2.24, 2.45) is 0 Å². The van der Waals surface area contributed by atoms with Gasteiger partial charge in [0.25, 0.3) is 0 Å². The molecule has 1 aliphatic carbocycles. The molecule has 2 aromatic rings. The van der Waals surface area contributed by atoms with Crippen LogP contribution in [0.4, 0.5) is 0 Å². The Kier molecular flexibility index (Phi) is 4.60. The van der Waals surface area contributed by atoms with E-state index >= 15 is 0 Å². The van der Waals surface area contributed by atoms with Crippen molar-refractivity contribution >= 4 is 35.0 Å². The minimum absolute atomic E-state index is 0.509. The summed E-state index contributed by atoms with van der Waals surface area (Å²) >= 11 is 7.58. The number of aromatic nitrogens is 2. The third-order valence-electron chi connectivity index (χ3n) is 4.31. The number of rotatable bonds is 4. The van der Waals surface area contributed by atoms with E-state index in [9.17, 15) is 0 Å². The van der Waals surface area contributed by atoms with Crippen LogP contribution in [0.1, 0.15) is 38.6 Å². The fourth-order valence-corrected chi connectivity index (χ4v) is 4.50. The summed E-state index contributed by atoms with van der Waals surface area (Å²) in [7, 11) is 0. The van der Waals surface area contributed by atoms with Gasteiger partial charge in [0, 0.05) is 11.3 Å². The minimum atomic E-state index is 0.509. The fourth-order valence-electron chi connectivity index (χ4n) is 3.33. The molecular formula is C16H22N2OS2. The average Bonchev–Trinajstić information content (AvgIpc) is 2.85. The van der Waals surface area contributed by atoms with Crippen LogP contribution in [-0.2, 0) is 0 Å². The highest BCUT2D eigenvalue weighted by Crippen LogP contribution is 2.37. The first-order chi connectivity index (χ1) is 10.2. The number of benzene rings is 1. The van der Waals surface area contributed by atoms with Crippen LogP contribution in [0.5, 0.6) is 5.75 Å². The summed E-state index contributed by atoms with van der Waals surface area (Å²) in [5.74, 6) is 0.900. The van der Waals surface area contributed by atoms with Gasteiger partial charge in [-0.25, -0.2) is 0 Å². The molecule has 0 amide bonds. The zero-order valence-electron chi connectivity index (χ0n) is 12.6. The predicted molar refractivity (Wildman–Crippen MR) is 93.1 cm³/mol. The monoisotopic (exact) mass is 322 g/mol. The highest BCUT2D eigenvalue weighted by Gasteiger charge is 2.24. The summed E-state index contributed by atoms with van der Waals surface area (Å²) in [5.41, 5.74) is 2.22. The number of thioether (sulfide) groups is 1. The van der Waals surface area contributed by atoms with Gasteiger partial charge in [0.1, 0.15) is 11.3 Å². The second-order valence-electron chi connectivity index (χ2n) is 5.56. The standard InChI is InChI=1S/C16H22N2OS2/c1-3-19-14-9-5-8-13-15(14)17-16(20)18(13)11-6-4-7-12(10-11)21-2/h5,8-9,11-12H,3-4,6-7,10H2,1-2H3,(H,17,20). The van der Waals surface area contributed by atoms with E-state index in [0.717, 1.165) is 21.3 Å². The van der Waals surface area contributed by atoms with E-state index in [1.807, 2.05) is 24.8 Å². The SMILES string of the molecule is CCOc1cccc2c1[nH]c(=S)n2C1CCCC(SC)C1. The van der Waals surface area contributed by atoms with Gasteiger partial charge >= 0.3 is 0 Å². The number of hydrogen-bond acceptors (Lipinski definition) is 3. The van der Waals surface area contributed by atoms with E-state index in [1.165, 1.54) is 31.2 Å². The van der Waals surface area contributed by atoms with Gasteiger partial charge in [0.15, 0.2) is 4.77 Å². The molecule has 0 spiro atoms. The lowest BCUT2D eigenvalue weighted by atomic mass is 9.94. The van der Waals surface area contributed by atoms with Crippen LogP contribution >= 0.6 is 24.0 Å². The number of nitrogens with zero attached hydrogens (tertiary/aromatic N) is 1. The van der Waals surface area contributed by atoms with Gasteiger partial charge in [-0.15, -0.1) is 0 Å². The summed E-state index contributed by atoms with van der Waals surface area (Å²) in [5, 5.41) is 0.755. The number of aromatic amines is 1. The Morgan fingerprint density at radius 2 is 2.29 bits per heavy atom. The topological polar surface area (TPSA) is 29.9 Å². The molecule has 5 heteroatoms. The first-order valence-electron chi connectivity index (χ1n) is 7.63. The quantitative estimate of drug-likeness (QED) is 0.808. The molecule has 0 saturated heterocycles. The summed E-state index contributed by atoms with van der Waals surface area (Å²) in [6.07, 6.45) is 7.26.